The smallest absolute Gasteiger partial charge is 0.326 e. The minimum Gasteiger partial charge on any atom is -0.480 e. The molecule has 0 spiro atoms. The minimum atomic E-state index is -1.10. The van der Waals surface area contributed by atoms with Crippen LogP contribution in [0.3, 0.4) is 0 Å². The molecule has 2 amide bonds. The molecule has 3 unspecified atom stereocenters. The molecule has 0 aromatic rings. The lowest BCUT2D eigenvalue weighted by molar-refractivity contribution is -0.142. The van der Waals surface area contributed by atoms with Crippen molar-refractivity contribution in [3.8, 4) is 0 Å². The number of rotatable bonds is 11. The third-order valence-electron chi connectivity index (χ3n) is 3.11. The zero-order chi connectivity index (χ0) is 18.0. The van der Waals surface area contributed by atoms with E-state index in [2.05, 4.69) is 23.3 Å². The van der Waals surface area contributed by atoms with E-state index in [-0.39, 0.29) is 11.7 Å². The molecule has 0 saturated carbocycles. The van der Waals surface area contributed by atoms with Crippen molar-refractivity contribution in [3.05, 3.63) is 0 Å². The van der Waals surface area contributed by atoms with Crippen LogP contribution in [0.5, 0.6) is 0 Å². The van der Waals surface area contributed by atoms with Crippen molar-refractivity contribution in [1.82, 2.24) is 10.6 Å². The fraction of sp³-hybridized carbons (Fsp3) is 0.786. The Kier molecular flexibility index (Phi) is 11.1. The summed E-state index contributed by atoms with van der Waals surface area (Å²) in [6.07, 6.45) is 2.72. The van der Waals surface area contributed by atoms with E-state index in [9.17, 15) is 14.4 Å². The Hall–Kier alpha value is -0.930. The van der Waals surface area contributed by atoms with Crippen LogP contribution < -0.4 is 16.4 Å². The number of thioether (sulfide) groups is 1. The first-order valence-electron chi connectivity index (χ1n) is 7.41. The Balaban J connectivity index is 4.66. The Labute approximate surface area is 146 Å². The van der Waals surface area contributed by atoms with Gasteiger partial charge in [0.1, 0.15) is 12.1 Å². The van der Waals surface area contributed by atoms with E-state index >= 15 is 0 Å². The quantitative estimate of drug-likeness (QED) is 0.331. The van der Waals surface area contributed by atoms with E-state index in [1.807, 2.05) is 20.1 Å². The summed E-state index contributed by atoms with van der Waals surface area (Å²) < 4.78 is 0. The number of carbonyl (C=O) groups excluding carboxylic acids is 2. The van der Waals surface area contributed by atoms with Gasteiger partial charge in [-0.1, -0.05) is 13.8 Å². The second-order valence-electron chi connectivity index (χ2n) is 5.66. The van der Waals surface area contributed by atoms with Gasteiger partial charge < -0.3 is 21.5 Å². The first-order valence-corrected chi connectivity index (χ1v) is 9.44. The van der Waals surface area contributed by atoms with Gasteiger partial charge in [0.05, 0.1) is 6.04 Å². The maximum absolute atomic E-state index is 12.2. The van der Waals surface area contributed by atoms with Gasteiger partial charge in [0.15, 0.2) is 0 Å². The van der Waals surface area contributed by atoms with E-state index in [0.717, 1.165) is 5.75 Å². The molecule has 0 aromatic heterocycles. The molecule has 0 rings (SSSR count). The molecule has 0 bridgehead atoms. The van der Waals surface area contributed by atoms with Gasteiger partial charge in [0.2, 0.25) is 11.8 Å². The highest BCUT2D eigenvalue weighted by Gasteiger charge is 2.27. The van der Waals surface area contributed by atoms with Gasteiger partial charge in [-0.3, -0.25) is 9.59 Å². The number of carbonyl (C=O) groups is 3. The molecule has 7 nitrogen and oxygen atoms in total. The predicted molar refractivity (Wildman–Crippen MR) is 95.8 cm³/mol. The van der Waals surface area contributed by atoms with Crippen LogP contribution in [0, 0.1) is 5.92 Å². The first-order chi connectivity index (χ1) is 10.7. The number of nitrogens with two attached hydrogens (primary N) is 1. The molecule has 0 heterocycles. The van der Waals surface area contributed by atoms with Gasteiger partial charge in [-0.25, -0.2) is 4.79 Å². The summed E-state index contributed by atoms with van der Waals surface area (Å²) in [4.78, 5) is 35.3. The highest BCUT2D eigenvalue weighted by atomic mass is 32.2. The normalized spacial score (nSPS) is 14.9. The Bertz CT molecular complexity index is 407. The lowest BCUT2D eigenvalue weighted by atomic mass is 10.0. The van der Waals surface area contributed by atoms with Crippen LogP contribution in [0.25, 0.3) is 0 Å². The largest absolute Gasteiger partial charge is 0.480 e. The molecule has 0 radical (unpaired) electrons. The van der Waals surface area contributed by atoms with Crippen LogP contribution in [0.15, 0.2) is 0 Å². The van der Waals surface area contributed by atoms with Gasteiger partial charge in [0.25, 0.3) is 0 Å². The molecule has 5 N–H and O–H groups in total. The lowest BCUT2D eigenvalue weighted by Crippen LogP contribution is -2.55. The summed E-state index contributed by atoms with van der Waals surface area (Å²) in [6, 6.07) is -2.62. The molecule has 0 aliphatic heterocycles. The Morgan fingerprint density at radius 3 is 2.17 bits per heavy atom. The number of hydrogen-bond donors (Lipinski definition) is 5. The Morgan fingerprint density at radius 1 is 1.17 bits per heavy atom. The highest BCUT2D eigenvalue weighted by Crippen LogP contribution is 2.06. The summed E-state index contributed by atoms with van der Waals surface area (Å²) in [5.74, 6) is -1.21. The number of carboxylic acids is 1. The van der Waals surface area contributed by atoms with Crippen molar-refractivity contribution < 1.29 is 19.5 Å². The van der Waals surface area contributed by atoms with Gasteiger partial charge in [-0.15, -0.1) is 0 Å². The fourth-order valence-electron chi connectivity index (χ4n) is 1.81. The van der Waals surface area contributed by atoms with Crippen molar-refractivity contribution in [2.24, 2.45) is 11.7 Å². The van der Waals surface area contributed by atoms with E-state index < -0.39 is 35.9 Å². The second kappa shape index (κ2) is 11.6. The van der Waals surface area contributed by atoms with Crippen molar-refractivity contribution in [1.29, 1.82) is 0 Å². The number of hydrogen-bond acceptors (Lipinski definition) is 6. The van der Waals surface area contributed by atoms with Crippen LogP contribution in [0.2, 0.25) is 0 Å². The van der Waals surface area contributed by atoms with Gasteiger partial charge >= 0.3 is 5.97 Å². The molecule has 3 atom stereocenters. The third-order valence-corrected chi connectivity index (χ3v) is 4.12. The predicted octanol–water partition coefficient (Wildman–Crippen LogP) is 0.0969. The molecular weight excluding hydrogens is 338 g/mol. The van der Waals surface area contributed by atoms with Crippen molar-refractivity contribution in [2.75, 3.05) is 17.8 Å². The summed E-state index contributed by atoms with van der Waals surface area (Å²) in [5, 5.41) is 14.1. The molecular formula is C14H27N3O4S2. The number of amides is 2. The summed E-state index contributed by atoms with van der Waals surface area (Å²) in [7, 11) is 0. The summed E-state index contributed by atoms with van der Waals surface area (Å²) >= 11 is 5.62. The summed E-state index contributed by atoms with van der Waals surface area (Å²) in [6.45, 7) is 3.73. The van der Waals surface area contributed by atoms with E-state index in [0.29, 0.717) is 12.8 Å². The Morgan fingerprint density at radius 2 is 1.74 bits per heavy atom. The maximum atomic E-state index is 12.2. The van der Waals surface area contributed by atoms with E-state index in [1.54, 1.807) is 11.8 Å². The van der Waals surface area contributed by atoms with Crippen molar-refractivity contribution >= 4 is 42.2 Å². The monoisotopic (exact) mass is 365 g/mol. The molecule has 9 heteroatoms. The molecule has 0 aromatic carbocycles. The number of nitrogens with one attached hydrogen (secondary N) is 2. The van der Waals surface area contributed by atoms with Crippen LogP contribution in [-0.2, 0) is 14.4 Å². The zero-order valence-corrected chi connectivity index (χ0v) is 15.5. The van der Waals surface area contributed by atoms with E-state index in [4.69, 9.17) is 10.8 Å². The number of carboxylic acid groups (broad SMARTS) is 1. The van der Waals surface area contributed by atoms with Crippen LogP contribution in [0.1, 0.15) is 26.7 Å². The maximum Gasteiger partial charge on any atom is 0.326 e. The van der Waals surface area contributed by atoms with Gasteiger partial charge in [-0.05, 0) is 30.8 Å². The van der Waals surface area contributed by atoms with Crippen molar-refractivity contribution in [3.63, 3.8) is 0 Å². The molecule has 0 saturated heterocycles. The first kappa shape index (κ1) is 22.1. The third kappa shape index (κ3) is 9.07. The van der Waals surface area contributed by atoms with Crippen LogP contribution in [-0.4, -0.2) is 58.8 Å². The lowest BCUT2D eigenvalue weighted by Gasteiger charge is -2.22. The van der Waals surface area contributed by atoms with Gasteiger partial charge in [-0.2, -0.15) is 24.4 Å². The fourth-order valence-corrected chi connectivity index (χ4v) is 2.56. The number of thiol groups is 1. The average molecular weight is 366 g/mol. The second-order valence-corrected chi connectivity index (χ2v) is 7.01. The topological polar surface area (TPSA) is 122 Å². The molecule has 0 fully saturated rings. The highest BCUT2D eigenvalue weighted by molar-refractivity contribution is 7.98. The molecule has 0 aliphatic rings. The molecule has 134 valence electrons. The average Bonchev–Trinajstić information content (AvgIpc) is 2.48. The van der Waals surface area contributed by atoms with Crippen molar-refractivity contribution in [2.45, 2.75) is 44.8 Å². The molecule has 0 aliphatic carbocycles. The number of aliphatic carboxylic acids is 1. The SMILES string of the molecule is CSCCC(N)C(=O)NC(CS)C(=O)NC(CC(C)C)C(=O)O. The zero-order valence-electron chi connectivity index (χ0n) is 13.7. The van der Waals surface area contributed by atoms with E-state index in [1.165, 1.54) is 0 Å². The van der Waals surface area contributed by atoms with Crippen LogP contribution in [0.4, 0.5) is 0 Å². The minimum absolute atomic E-state index is 0.0564. The summed E-state index contributed by atoms with van der Waals surface area (Å²) in [5.41, 5.74) is 5.75. The molecule has 23 heavy (non-hydrogen) atoms. The standard InChI is InChI=1S/C14H27N3O4S2/c1-8(2)6-10(14(20)21)16-13(19)11(7-22)17-12(18)9(15)4-5-23-3/h8-11,22H,4-7,15H2,1-3H3,(H,16,19)(H,17,18)(H,20,21). The van der Waals surface area contributed by atoms with Gasteiger partial charge in [0, 0.05) is 5.75 Å². The van der Waals surface area contributed by atoms with Crippen LogP contribution >= 0.6 is 24.4 Å².